The molecular weight excluding hydrogens is 284 g/mol. The Morgan fingerprint density at radius 2 is 2.26 bits per heavy atom. The van der Waals surface area contributed by atoms with E-state index in [2.05, 4.69) is 22.7 Å². The molecule has 0 spiro atoms. The molecule has 2 aromatic rings. The Balaban J connectivity index is 1.94. The van der Waals surface area contributed by atoms with Crippen LogP contribution < -0.4 is 4.90 Å². The van der Waals surface area contributed by atoms with E-state index in [-0.39, 0.29) is 11.2 Å². The van der Waals surface area contributed by atoms with Crippen molar-refractivity contribution in [2.24, 2.45) is 0 Å². The molecule has 1 aromatic heterocycles. The second kappa shape index (κ2) is 4.86. The summed E-state index contributed by atoms with van der Waals surface area (Å²) in [6.45, 7) is 0.612. The summed E-state index contributed by atoms with van der Waals surface area (Å²) in [5, 5.41) is 4.64. The van der Waals surface area contributed by atoms with Crippen molar-refractivity contribution in [1.29, 1.82) is 0 Å². The first kappa shape index (κ1) is 12.5. The molecule has 1 aliphatic rings. The molecule has 1 aliphatic heterocycles. The fourth-order valence-electron chi connectivity index (χ4n) is 2.12. The highest BCUT2D eigenvalue weighted by molar-refractivity contribution is 7.81. The van der Waals surface area contributed by atoms with E-state index < -0.39 is 0 Å². The second-order valence-electron chi connectivity index (χ2n) is 4.34. The summed E-state index contributed by atoms with van der Waals surface area (Å²) >= 11 is 10.6. The molecule has 0 bridgehead atoms. The molecular formula is C12H11ClN4OS. The number of rotatable bonds is 2. The zero-order valence-electron chi connectivity index (χ0n) is 9.90. The topological polar surface area (TPSA) is 51.0 Å². The summed E-state index contributed by atoms with van der Waals surface area (Å²) in [5.41, 5.74) is 1.52. The third-order valence-electron chi connectivity index (χ3n) is 3.01. The van der Waals surface area contributed by atoms with Crippen LogP contribution in [-0.4, -0.2) is 32.5 Å². The number of thiol groups is 1. The van der Waals surface area contributed by atoms with Gasteiger partial charge in [-0.15, -0.1) is 0 Å². The Bertz CT molecular complexity index is 616. The van der Waals surface area contributed by atoms with Crippen LogP contribution in [0.15, 0.2) is 30.9 Å². The summed E-state index contributed by atoms with van der Waals surface area (Å²) < 4.78 is 1.58. The minimum Gasteiger partial charge on any atom is -0.311 e. The Morgan fingerprint density at radius 3 is 2.84 bits per heavy atom. The van der Waals surface area contributed by atoms with Crippen LogP contribution in [0, 0.1) is 0 Å². The molecule has 7 heteroatoms. The monoisotopic (exact) mass is 294 g/mol. The lowest BCUT2D eigenvalue weighted by Crippen LogP contribution is -2.24. The molecule has 19 heavy (non-hydrogen) atoms. The van der Waals surface area contributed by atoms with Crippen LogP contribution in [0.5, 0.6) is 0 Å². The van der Waals surface area contributed by atoms with Gasteiger partial charge in [0.15, 0.2) is 0 Å². The fraction of sp³-hybridized carbons (Fsp3) is 0.250. The average Bonchev–Trinajstić information content (AvgIpc) is 2.99. The third-order valence-corrected chi connectivity index (χ3v) is 3.66. The van der Waals surface area contributed by atoms with Crippen LogP contribution >= 0.6 is 24.2 Å². The van der Waals surface area contributed by atoms with Crippen molar-refractivity contribution in [2.45, 2.75) is 11.7 Å². The van der Waals surface area contributed by atoms with Crippen LogP contribution in [0.2, 0.25) is 5.02 Å². The lowest BCUT2D eigenvalue weighted by Gasteiger charge is -2.17. The first-order valence-corrected chi connectivity index (χ1v) is 6.67. The molecule has 1 amide bonds. The molecule has 3 rings (SSSR count). The molecule has 5 nitrogen and oxygen atoms in total. The lowest BCUT2D eigenvalue weighted by atomic mass is 10.2. The molecule has 1 saturated heterocycles. The molecule has 0 saturated carbocycles. The highest BCUT2D eigenvalue weighted by atomic mass is 35.5. The number of aromatic nitrogens is 3. The van der Waals surface area contributed by atoms with E-state index >= 15 is 0 Å². The molecule has 98 valence electrons. The van der Waals surface area contributed by atoms with Crippen molar-refractivity contribution >= 4 is 35.8 Å². The van der Waals surface area contributed by atoms with Gasteiger partial charge < -0.3 is 4.90 Å². The summed E-state index contributed by atoms with van der Waals surface area (Å²) in [7, 11) is 0. The third kappa shape index (κ3) is 2.33. The van der Waals surface area contributed by atoms with Gasteiger partial charge in [0.25, 0.3) is 0 Å². The maximum atomic E-state index is 11.8. The number of carbonyl (C=O) groups excluding carboxylic acids is 1. The highest BCUT2D eigenvalue weighted by Crippen LogP contribution is 2.29. The van der Waals surface area contributed by atoms with Gasteiger partial charge in [-0.05, 0) is 18.2 Å². The minimum absolute atomic E-state index is 0.0737. The maximum absolute atomic E-state index is 11.8. The van der Waals surface area contributed by atoms with Crippen molar-refractivity contribution in [1.82, 2.24) is 14.8 Å². The first-order valence-electron chi connectivity index (χ1n) is 5.78. The van der Waals surface area contributed by atoms with Gasteiger partial charge in [0.05, 0.1) is 10.7 Å². The van der Waals surface area contributed by atoms with Gasteiger partial charge in [-0.3, -0.25) is 4.79 Å². The van der Waals surface area contributed by atoms with Gasteiger partial charge in [0.2, 0.25) is 5.91 Å². The van der Waals surface area contributed by atoms with Gasteiger partial charge >= 0.3 is 0 Å². The van der Waals surface area contributed by atoms with Gasteiger partial charge in [0.1, 0.15) is 12.7 Å². The smallest absolute Gasteiger partial charge is 0.228 e. The van der Waals surface area contributed by atoms with Crippen LogP contribution in [-0.2, 0) is 4.79 Å². The van der Waals surface area contributed by atoms with Crippen LogP contribution in [0.1, 0.15) is 6.42 Å². The van der Waals surface area contributed by atoms with Gasteiger partial charge in [-0.25, -0.2) is 9.67 Å². The number of nitrogens with zero attached hydrogens (tertiary/aromatic N) is 4. The number of amides is 1. The molecule has 2 heterocycles. The number of anilines is 1. The number of hydrogen-bond donors (Lipinski definition) is 1. The average molecular weight is 295 g/mol. The molecule has 0 radical (unpaired) electrons. The Morgan fingerprint density at radius 1 is 1.42 bits per heavy atom. The van der Waals surface area contributed by atoms with Gasteiger partial charge in [-0.1, -0.05) is 11.6 Å². The zero-order chi connectivity index (χ0) is 13.4. The Labute approximate surface area is 120 Å². The van der Waals surface area contributed by atoms with E-state index in [4.69, 9.17) is 11.6 Å². The van der Waals surface area contributed by atoms with E-state index in [1.807, 2.05) is 12.1 Å². The van der Waals surface area contributed by atoms with Crippen molar-refractivity contribution in [3.8, 4) is 5.69 Å². The second-order valence-corrected chi connectivity index (χ2v) is 5.48. The zero-order valence-corrected chi connectivity index (χ0v) is 11.6. The van der Waals surface area contributed by atoms with E-state index in [0.717, 1.165) is 11.4 Å². The summed E-state index contributed by atoms with van der Waals surface area (Å²) in [4.78, 5) is 17.4. The molecule has 1 atom stereocenters. The van der Waals surface area contributed by atoms with E-state index in [1.165, 1.54) is 6.33 Å². The van der Waals surface area contributed by atoms with Crippen LogP contribution in [0.4, 0.5) is 5.69 Å². The predicted octanol–water partition coefficient (Wildman–Crippen LogP) is 1.96. The normalized spacial score (nSPS) is 19.2. The molecule has 1 unspecified atom stereocenters. The minimum atomic E-state index is 0.0737. The number of halogens is 1. The van der Waals surface area contributed by atoms with E-state index in [1.54, 1.807) is 22.0 Å². The van der Waals surface area contributed by atoms with Gasteiger partial charge in [0, 0.05) is 23.9 Å². The summed E-state index contributed by atoms with van der Waals surface area (Å²) in [6.07, 6.45) is 3.48. The molecule has 1 fully saturated rings. The Kier molecular flexibility index (Phi) is 3.20. The molecule has 0 N–H and O–H groups in total. The summed E-state index contributed by atoms with van der Waals surface area (Å²) in [5.74, 6) is 0.0737. The van der Waals surface area contributed by atoms with Crippen molar-refractivity contribution in [3.05, 3.63) is 35.9 Å². The standard InChI is InChI=1S/C12H11ClN4OS/c13-10-3-8(16-5-9(19)4-12(16)18)1-2-11(10)17-7-14-6-15-17/h1-3,6-7,9,19H,4-5H2. The molecule has 0 aliphatic carbocycles. The van der Waals surface area contributed by atoms with Crippen molar-refractivity contribution < 1.29 is 4.79 Å². The predicted molar refractivity (Wildman–Crippen MR) is 76.1 cm³/mol. The highest BCUT2D eigenvalue weighted by Gasteiger charge is 2.28. The lowest BCUT2D eigenvalue weighted by molar-refractivity contribution is -0.117. The van der Waals surface area contributed by atoms with Crippen molar-refractivity contribution in [3.63, 3.8) is 0 Å². The fourth-order valence-corrected chi connectivity index (χ4v) is 2.70. The summed E-state index contributed by atoms with van der Waals surface area (Å²) in [6, 6.07) is 5.44. The Hall–Kier alpha value is -1.53. The number of carbonyl (C=O) groups is 1. The maximum Gasteiger partial charge on any atom is 0.228 e. The number of hydrogen-bond acceptors (Lipinski definition) is 4. The first-order chi connectivity index (χ1) is 9.15. The van der Waals surface area contributed by atoms with Crippen molar-refractivity contribution in [2.75, 3.05) is 11.4 Å². The molecule has 1 aromatic carbocycles. The largest absolute Gasteiger partial charge is 0.311 e. The van der Waals surface area contributed by atoms with E-state index in [0.29, 0.717) is 18.0 Å². The van der Waals surface area contributed by atoms with Gasteiger partial charge in [-0.2, -0.15) is 17.7 Å². The van der Waals surface area contributed by atoms with Crippen LogP contribution in [0.3, 0.4) is 0 Å². The van der Waals surface area contributed by atoms with E-state index in [9.17, 15) is 4.79 Å². The SMILES string of the molecule is O=C1CC(S)CN1c1ccc(-n2cncn2)c(Cl)c1. The number of benzene rings is 1. The van der Waals surface area contributed by atoms with Crippen LogP contribution in [0.25, 0.3) is 5.69 Å². The quantitative estimate of drug-likeness (QED) is 0.862.